The summed E-state index contributed by atoms with van der Waals surface area (Å²) >= 11 is 0. The van der Waals surface area contributed by atoms with Crippen LogP contribution in [0.1, 0.15) is 32.6 Å². The largest absolute Gasteiger partial charge is 0.466 e. The van der Waals surface area contributed by atoms with E-state index in [0.29, 0.717) is 13.0 Å². The third-order valence-corrected chi connectivity index (χ3v) is 2.51. The fourth-order valence-corrected chi connectivity index (χ4v) is 1.82. The second-order valence-electron chi connectivity index (χ2n) is 3.62. The lowest BCUT2D eigenvalue weighted by Gasteiger charge is -2.04. The quantitative estimate of drug-likeness (QED) is 0.555. The molecule has 0 heterocycles. The van der Waals surface area contributed by atoms with Crippen LogP contribution in [0.2, 0.25) is 0 Å². The summed E-state index contributed by atoms with van der Waals surface area (Å²) in [5, 5.41) is 0. The van der Waals surface area contributed by atoms with Crippen LogP contribution in [0.3, 0.4) is 0 Å². The average molecular weight is 225 g/mol. The van der Waals surface area contributed by atoms with Gasteiger partial charge >= 0.3 is 5.97 Å². The van der Waals surface area contributed by atoms with Gasteiger partial charge in [-0.25, -0.2) is 0 Å². The number of hydrogen-bond acceptors (Lipinski definition) is 4. The van der Waals surface area contributed by atoms with Gasteiger partial charge in [0.25, 0.3) is 0 Å². The Labute approximate surface area is 96.3 Å². The molecule has 0 aliphatic heterocycles. The van der Waals surface area contributed by atoms with Crippen molar-refractivity contribution in [1.82, 2.24) is 5.48 Å². The van der Waals surface area contributed by atoms with Crippen molar-refractivity contribution in [3.63, 3.8) is 0 Å². The van der Waals surface area contributed by atoms with Gasteiger partial charge in [0.05, 0.1) is 20.1 Å². The number of carbonyl (C=O) groups excluding carboxylic acids is 1. The van der Waals surface area contributed by atoms with E-state index in [1.165, 1.54) is 11.1 Å². The Morgan fingerprint density at radius 1 is 1.50 bits per heavy atom. The van der Waals surface area contributed by atoms with Crippen LogP contribution >= 0.6 is 0 Å². The van der Waals surface area contributed by atoms with Gasteiger partial charge in [0.1, 0.15) is 0 Å². The molecule has 0 atom stereocenters. The highest BCUT2D eigenvalue weighted by Crippen LogP contribution is 2.29. The molecule has 1 aliphatic carbocycles. The first kappa shape index (κ1) is 12.8. The lowest BCUT2D eigenvalue weighted by molar-refractivity contribution is -0.142. The van der Waals surface area contributed by atoms with Crippen molar-refractivity contribution in [2.45, 2.75) is 32.6 Å². The molecule has 0 fully saturated rings. The summed E-state index contributed by atoms with van der Waals surface area (Å²) in [6, 6.07) is 0. The van der Waals surface area contributed by atoms with Gasteiger partial charge in [-0.15, -0.1) is 0 Å². The SMILES string of the molecule is CCOC(=O)CC1=C(/C=C\NOC)CCC1. The Balaban J connectivity index is 2.53. The average Bonchev–Trinajstić information content (AvgIpc) is 2.66. The van der Waals surface area contributed by atoms with Gasteiger partial charge in [0, 0.05) is 6.20 Å². The highest BCUT2D eigenvalue weighted by molar-refractivity contribution is 5.73. The Morgan fingerprint density at radius 2 is 2.31 bits per heavy atom. The number of allylic oxidation sites excluding steroid dienone is 2. The summed E-state index contributed by atoms with van der Waals surface area (Å²) in [6.45, 7) is 2.27. The van der Waals surface area contributed by atoms with E-state index < -0.39 is 0 Å². The van der Waals surface area contributed by atoms with Crippen molar-refractivity contribution in [2.75, 3.05) is 13.7 Å². The van der Waals surface area contributed by atoms with Crippen LogP contribution in [0.25, 0.3) is 0 Å². The molecule has 4 heteroatoms. The number of ether oxygens (including phenoxy) is 1. The molecule has 4 nitrogen and oxygen atoms in total. The van der Waals surface area contributed by atoms with E-state index in [-0.39, 0.29) is 5.97 Å². The number of carbonyl (C=O) groups is 1. The first-order valence-electron chi connectivity index (χ1n) is 5.59. The lowest BCUT2D eigenvalue weighted by atomic mass is 10.1. The smallest absolute Gasteiger partial charge is 0.309 e. The molecule has 0 amide bonds. The van der Waals surface area contributed by atoms with Crippen LogP contribution in [0.4, 0.5) is 0 Å². The third kappa shape index (κ3) is 4.06. The van der Waals surface area contributed by atoms with Gasteiger partial charge in [-0.05, 0) is 37.8 Å². The minimum absolute atomic E-state index is 0.134. The first-order valence-corrected chi connectivity index (χ1v) is 5.59. The summed E-state index contributed by atoms with van der Waals surface area (Å²) in [6.07, 6.45) is 7.25. The van der Waals surface area contributed by atoms with E-state index in [1.54, 1.807) is 13.3 Å². The topological polar surface area (TPSA) is 47.6 Å². The maximum Gasteiger partial charge on any atom is 0.309 e. The highest BCUT2D eigenvalue weighted by Gasteiger charge is 2.15. The van der Waals surface area contributed by atoms with E-state index in [1.807, 2.05) is 13.0 Å². The predicted octanol–water partition coefficient (Wildman–Crippen LogP) is 2.08. The minimum Gasteiger partial charge on any atom is -0.466 e. The summed E-state index contributed by atoms with van der Waals surface area (Å²) < 4.78 is 4.94. The van der Waals surface area contributed by atoms with Crippen LogP contribution in [-0.2, 0) is 14.4 Å². The van der Waals surface area contributed by atoms with Gasteiger partial charge in [-0.2, -0.15) is 0 Å². The second kappa shape index (κ2) is 7.06. The zero-order valence-electron chi connectivity index (χ0n) is 9.91. The summed E-state index contributed by atoms with van der Waals surface area (Å²) in [4.78, 5) is 16.1. The molecular weight excluding hydrogens is 206 g/mol. The predicted molar refractivity (Wildman–Crippen MR) is 61.4 cm³/mol. The Morgan fingerprint density at radius 3 is 3.00 bits per heavy atom. The van der Waals surface area contributed by atoms with Crippen molar-refractivity contribution in [3.05, 3.63) is 23.4 Å². The van der Waals surface area contributed by atoms with Crippen LogP contribution in [0.15, 0.2) is 23.4 Å². The van der Waals surface area contributed by atoms with Gasteiger partial charge in [-0.1, -0.05) is 5.57 Å². The molecule has 0 aromatic heterocycles. The second-order valence-corrected chi connectivity index (χ2v) is 3.62. The third-order valence-electron chi connectivity index (χ3n) is 2.51. The van der Waals surface area contributed by atoms with Crippen molar-refractivity contribution >= 4 is 5.97 Å². The first-order chi connectivity index (χ1) is 7.77. The van der Waals surface area contributed by atoms with Crippen molar-refractivity contribution in [1.29, 1.82) is 0 Å². The Kier molecular flexibility index (Phi) is 5.64. The molecule has 0 aromatic rings. The minimum atomic E-state index is -0.134. The van der Waals surface area contributed by atoms with Crippen LogP contribution < -0.4 is 5.48 Å². The monoisotopic (exact) mass is 225 g/mol. The Bertz CT molecular complexity index is 295. The number of nitrogens with one attached hydrogen (secondary N) is 1. The van der Waals surface area contributed by atoms with Crippen molar-refractivity contribution in [2.24, 2.45) is 0 Å². The molecule has 90 valence electrons. The van der Waals surface area contributed by atoms with Crippen molar-refractivity contribution in [3.8, 4) is 0 Å². The van der Waals surface area contributed by atoms with E-state index in [4.69, 9.17) is 9.57 Å². The van der Waals surface area contributed by atoms with Gasteiger partial charge in [0.2, 0.25) is 0 Å². The molecule has 0 spiro atoms. The van der Waals surface area contributed by atoms with Gasteiger partial charge in [0.15, 0.2) is 0 Å². The molecule has 0 aromatic carbocycles. The lowest BCUT2D eigenvalue weighted by Crippen LogP contribution is -2.05. The molecule has 16 heavy (non-hydrogen) atoms. The fraction of sp³-hybridized carbons (Fsp3) is 0.583. The van der Waals surface area contributed by atoms with Crippen LogP contribution in [-0.4, -0.2) is 19.7 Å². The number of hydrogen-bond donors (Lipinski definition) is 1. The van der Waals surface area contributed by atoms with Gasteiger partial charge in [-0.3, -0.25) is 15.1 Å². The van der Waals surface area contributed by atoms with Crippen LogP contribution in [0.5, 0.6) is 0 Å². The van der Waals surface area contributed by atoms with E-state index in [2.05, 4.69) is 5.48 Å². The normalized spacial score (nSPS) is 15.9. The molecule has 1 aliphatic rings. The Hall–Kier alpha value is -1.29. The van der Waals surface area contributed by atoms with Crippen molar-refractivity contribution < 1.29 is 14.4 Å². The van der Waals surface area contributed by atoms with E-state index in [9.17, 15) is 4.79 Å². The number of esters is 1. The number of hydroxylamine groups is 1. The fourth-order valence-electron chi connectivity index (χ4n) is 1.82. The van der Waals surface area contributed by atoms with E-state index in [0.717, 1.165) is 19.3 Å². The maximum atomic E-state index is 11.4. The molecule has 0 saturated carbocycles. The molecule has 0 bridgehead atoms. The summed E-state index contributed by atoms with van der Waals surface area (Å²) in [5.41, 5.74) is 5.05. The molecule has 0 radical (unpaired) electrons. The van der Waals surface area contributed by atoms with Gasteiger partial charge < -0.3 is 4.74 Å². The molecule has 0 saturated heterocycles. The number of rotatable bonds is 6. The summed E-state index contributed by atoms with van der Waals surface area (Å²) in [7, 11) is 1.56. The summed E-state index contributed by atoms with van der Waals surface area (Å²) in [5.74, 6) is -0.134. The zero-order chi connectivity index (χ0) is 11.8. The molecule has 0 unspecified atom stereocenters. The van der Waals surface area contributed by atoms with E-state index >= 15 is 0 Å². The zero-order valence-corrected chi connectivity index (χ0v) is 9.91. The molecule has 1 N–H and O–H groups in total. The molecular formula is C12H19NO3. The maximum absolute atomic E-state index is 11.4. The standard InChI is InChI=1S/C12H19NO3/c1-3-16-12(14)9-11-6-4-5-10(11)7-8-13-15-2/h7-8,13H,3-6,9H2,1-2H3/b8-7-. The highest BCUT2D eigenvalue weighted by atomic mass is 16.6. The molecule has 1 rings (SSSR count). The van der Waals surface area contributed by atoms with Crippen LogP contribution in [0, 0.1) is 0 Å².